The van der Waals surface area contributed by atoms with Crippen molar-refractivity contribution < 1.29 is 0 Å². The van der Waals surface area contributed by atoms with E-state index in [1.165, 1.54) is 27.9 Å². The van der Waals surface area contributed by atoms with Gasteiger partial charge in [-0.25, -0.2) is 0 Å². The number of fused-ring (bicyclic) bond motifs is 1. The second kappa shape index (κ2) is 5.21. The molecule has 1 N–H and O–H groups in total. The molecular weight excluding hydrogens is 308 g/mol. The Morgan fingerprint density at radius 2 is 1.95 bits per heavy atom. The molecule has 22 heavy (non-hydrogen) atoms. The predicted molar refractivity (Wildman–Crippen MR) is 97.7 cm³/mol. The number of anilines is 1. The number of hydrogen-bond donors (Lipinski definition) is 1. The first-order valence-corrected chi connectivity index (χ1v) is 8.76. The third-order valence-corrected chi connectivity index (χ3v) is 5.77. The Bertz CT molecular complexity index is 876. The Morgan fingerprint density at radius 1 is 1.18 bits per heavy atom. The molecule has 112 valence electrons. The van der Waals surface area contributed by atoms with E-state index in [1.807, 2.05) is 0 Å². The summed E-state index contributed by atoms with van der Waals surface area (Å²) in [5.74, 6) is 0.658. The van der Waals surface area contributed by atoms with Gasteiger partial charge >= 0.3 is 0 Å². The molecule has 0 aliphatic heterocycles. The minimum atomic E-state index is 0.604. The van der Waals surface area contributed by atoms with E-state index in [9.17, 15) is 0 Å². The fraction of sp³-hybridized carbons (Fsp3) is 0.278. The Labute approximate surface area is 139 Å². The van der Waals surface area contributed by atoms with Gasteiger partial charge in [-0.05, 0) is 49.3 Å². The van der Waals surface area contributed by atoms with Crippen molar-refractivity contribution in [2.45, 2.75) is 25.3 Å². The molecule has 2 atom stereocenters. The second-order valence-electron chi connectivity index (χ2n) is 6.13. The Kier molecular flexibility index (Phi) is 3.31. The molecular formula is C18H18N2S2. The lowest BCUT2D eigenvalue weighted by molar-refractivity contribution is 0.881. The molecule has 1 fully saturated rings. The number of hydrogen-bond acceptors (Lipinski definition) is 3. The van der Waals surface area contributed by atoms with E-state index >= 15 is 0 Å². The summed E-state index contributed by atoms with van der Waals surface area (Å²) in [4.78, 5) is 5.63. The van der Waals surface area contributed by atoms with Gasteiger partial charge in [0.25, 0.3) is 0 Å². The fourth-order valence-electron chi connectivity index (χ4n) is 3.13. The zero-order valence-electron chi connectivity index (χ0n) is 12.7. The summed E-state index contributed by atoms with van der Waals surface area (Å²) in [7, 11) is 2.20. The molecule has 1 saturated carbocycles. The lowest BCUT2D eigenvalue weighted by atomic mass is 10.1. The number of thiazole rings is 1. The van der Waals surface area contributed by atoms with Crippen LogP contribution in [-0.2, 0) is 0 Å². The van der Waals surface area contributed by atoms with Gasteiger partial charge in [0.2, 0.25) is 0 Å². The van der Waals surface area contributed by atoms with E-state index in [-0.39, 0.29) is 0 Å². The number of likely N-dealkylation sites (N-methyl/N-ethyl adjacent to an activating group) is 1. The number of nitrogens with one attached hydrogen (secondary N) is 1. The molecule has 1 aliphatic rings. The van der Waals surface area contributed by atoms with Crippen LogP contribution >= 0.6 is 23.6 Å². The Hall–Kier alpha value is -1.65. The average molecular weight is 326 g/mol. The quantitative estimate of drug-likeness (QED) is 0.662. The zero-order valence-corrected chi connectivity index (χ0v) is 14.3. The molecule has 0 saturated heterocycles. The van der Waals surface area contributed by atoms with Gasteiger partial charge < -0.3 is 9.88 Å². The second-order valence-corrected chi connectivity index (χ2v) is 7.84. The van der Waals surface area contributed by atoms with Gasteiger partial charge in [-0.3, -0.25) is 0 Å². The van der Waals surface area contributed by atoms with Crippen molar-refractivity contribution >= 4 is 39.5 Å². The van der Waals surface area contributed by atoms with E-state index in [4.69, 9.17) is 12.2 Å². The number of nitrogens with zero attached hydrogens (tertiary/aromatic N) is 1. The first-order valence-electron chi connectivity index (χ1n) is 7.54. The normalized spacial score (nSPS) is 20.3. The molecule has 3 aromatic rings. The topological polar surface area (TPSA) is 19.0 Å². The van der Waals surface area contributed by atoms with Crippen LogP contribution in [0.1, 0.15) is 23.5 Å². The highest BCUT2D eigenvalue weighted by atomic mass is 32.1. The third-order valence-electron chi connectivity index (χ3n) is 4.57. The summed E-state index contributed by atoms with van der Waals surface area (Å²) in [6.45, 7) is 2.14. The number of benzene rings is 2. The number of rotatable bonds is 3. The summed E-state index contributed by atoms with van der Waals surface area (Å²) in [6.07, 6.45) is 1.24. The first kappa shape index (κ1) is 14.0. The van der Waals surface area contributed by atoms with E-state index in [0.29, 0.717) is 12.0 Å². The maximum Gasteiger partial charge on any atom is 0.159 e. The highest BCUT2D eigenvalue weighted by Crippen LogP contribution is 2.45. The van der Waals surface area contributed by atoms with Crippen LogP contribution in [0, 0.1) is 10.9 Å². The average Bonchev–Trinajstić information content (AvgIpc) is 3.21. The lowest BCUT2D eigenvalue weighted by Gasteiger charge is -2.20. The largest absolute Gasteiger partial charge is 0.371 e. The van der Waals surface area contributed by atoms with Gasteiger partial charge in [0.05, 0.1) is 10.2 Å². The monoisotopic (exact) mass is 326 g/mol. The van der Waals surface area contributed by atoms with Crippen molar-refractivity contribution in [2.75, 3.05) is 11.9 Å². The summed E-state index contributed by atoms with van der Waals surface area (Å²) in [6, 6.07) is 16.1. The summed E-state index contributed by atoms with van der Waals surface area (Å²) < 4.78 is 2.08. The maximum atomic E-state index is 5.23. The number of aryl methyl sites for hydroxylation is 1. The lowest BCUT2D eigenvalue weighted by Crippen LogP contribution is -2.20. The van der Waals surface area contributed by atoms with Crippen LogP contribution in [0.15, 0.2) is 42.5 Å². The van der Waals surface area contributed by atoms with Crippen molar-refractivity contribution in [3.63, 3.8) is 0 Å². The van der Waals surface area contributed by atoms with Crippen molar-refractivity contribution in [2.24, 2.45) is 0 Å². The van der Waals surface area contributed by atoms with Crippen LogP contribution in [0.4, 0.5) is 5.69 Å². The predicted octanol–water partition coefficient (Wildman–Crippen LogP) is 5.26. The standard InChI is InChI=1S/C18H18N2S2/c1-11-3-5-12(6-4-11)14-10-16(14)20(2)13-7-8-15-17(9-13)22-18(21)19-15/h3-9,14,16H,10H2,1-2H3,(H,19,21). The van der Waals surface area contributed by atoms with E-state index in [0.717, 1.165) is 9.47 Å². The number of H-pyrrole nitrogens is 1. The van der Waals surface area contributed by atoms with Gasteiger partial charge in [0.1, 0.15) is 0 Å². The van der Waals surface area contributed by atoms with Crippen LogP contribution < -0.4 is 4.90 Å². The molecule has 0 bridgehead atoms. The van der Waals surface area contributed by atoms with Crippen LogP contribution in [0.2, 0.25) is 0 Å². The van der Waals surface area contributed by atoms with Crippen LogP contribution in [-0.4, -0.2) is 18.1 Å². The third kappa shape index (κ3) is 2.46. The summed E-state index contributed by atoms with van der Waals surface area (Å²) >= 11 is 6.88. The van der Waals surface area contributed by atoms with E-state index in [1.54, 1.807) is 11.3 Å². The van der Waals surface area contributed by atoms with Crippen LogP contribution in [0.25, 0.3) is 10.2 Å². The zero-order chi connectivity index (χ0) is 15.3. The van der Waals surface area contributed by atoms with Gasteiger partial charge in [-0.2, -0.15) is 0 Å². The molecule has 1 heterocycles. The van der Waals surface area contributed by atoms with Crippen molar-refractivity contribution in [3.8, 4) is 0 Å². The first-order chi connectivity index (χ1) is 10.6. The smallest absolute Gasteiger partial charge is 0.159 e. The van der Waals surface area contributed by atoms with Gasteiger partial charge in [0.15, 0.2) is 3.95 Å². The van der Waals surface area contributed by atoms with Crippen molar-refractivity contribution in [1.82, 2.24) is 4.98 Å². The molecule has 2 nitrogen and oxygen atoms in total. The van der Waals surface area contributed by atoms with E-state index in [2.05, 4.69) is 66.3 Å². The molecule has 0 radical (unpaired) electrons. The molecule has 4 rings (SSSR count). The molecule has 1 aliphatic carbocycles. The summed E-state index contributed by atoms with van der Waals surface area (Å²) in [5, 5.41) is 0. The van der Waals surface area contributed by atoms with Gasteiger partial charge in [0, 0.05) is 24.7 Å². The highest BCUT2D eigenvalue weighted by Gasteiger charge is 2.41. The molecule has 1 aromatic heterocycles. The molecule has 0 amide bonds. The van der Waals surface area contributed by atoms with Crippen molar-refractivity contribution in [1.29, 1.82) is 0 Å². The highest BCUT2D eigenvalue weighted by molar-refractivity contribution is 7.73. The minimum absolute atomic E-state index is 0.604. The van der Waals surface area contributed by atoms with Gasteiger partial charge in [-0.15, -0.1) is 11.3 Å². The minimum Gasteiger partial charge on any atom is -0.371 e. The Morgan fingerprint density at radius 3 is 2.73 bits per heavy atom. The van der Waals surface area contributed by atoms with Crippen LogP contribution in [0.3, 0.4) is 0 Å². The molecule has 0 spiro atoms. The molecule has 2 unspecified atom stereocenters. The van der Waals surface area contributed by atoms with Crippen molar-refractivity contribution in [3.05, 3.63) is 57.5 Å². The van der Waals surface area contributed by atoms with E-state index < -0.39 is 0 Å². The Balaban J connectivity index is 1.57. The molecule has 4 heteroatoms. The number of aromatic nitrogens is 1. The van der Waals surface area contributed by atoms with Crippen LogP contribution in [0.5, 0.6) is 0 Å². The summed E-state index contributed by atoms with van der Waals surface area (Å²) in [5.41, 5.74) is 5.20. The maximum absolute atomic E-state index is 5.23. The number of aromatic amines is 1. The SMILES string of the molecule is Cc1ccc(C2CC2N(C)c2ccc3[nH]c(=S)sc3c2)cc1. The van der Waals surface area contributed by atoms with Gasteiger partial charge in [-0.1, -0.05) is 29.8 Å². The molecule has 2 aromatic carbocycles. The fourth-order valence-corrected chi connectivity index (χ4v) is 4.28.